The molecule has 0 spiro atoms. The van der Waals surface area contributed by atoms with Gasteiger partial charge < -0.3 is 14.3 Å². The zero-order chi connectivity index (χ0) is 18.8. The maximum Gasteiger partial charge on any atom is 0.338 e. The van der Waals surface area contributed by atoms with Crippen LogP contribution < -0.4 is 4.74 Å². The van der Waals surface area contributed by atoms with E-state index in [0.717, 1.165) is 18.4 Å². The van der Waals surface area contributed by atoms with Crippen molar-refractivity contribution < 1.29 is 27.8 Å². The maximum absolute atomic E-state index is 13.6. The van der Waals surface area contributed by atoms with Crippen LogP contribution in [0.4, 0.5) is 8.78 Å². The quantitative estimate of drug-likeness (QED) is 0.560. The van der Waals surface area contributed by atoms with E-state index in [1.165, 1.54) is 19.2 Å². The van der Waals surface area contributed by atoms with Crippen molar-refractivity contribution in [2.24, 2.45) is 0 Å². The van der Waals surface area contributed by atoms with E-state index < -0.39 is 17.6 Å². The van der Waals surface area contributed by atoms with Crippen LogP contribution in [0.25, 0.3) is 0 Å². The molecule has 6 heteroatoms. The van der Waals surface area contributed by atoms with E-state index in [2.05, 4.69) is 0 Å². The van der Waals surface area contributed by atoms with Gasteiger partial charge in [0.1, 0.15) is 17.9 Å². The van der Waals surface area contributed by atoms with Crippen molar-refractivity contribution >= 4 is 12.3 Å². The van der Waals surface area contributed by atoms with Crippen LogP contribution in [-0.4, -0.2) is 19.4 Å². The summed E-state index contributed by atoms with van der Waals surface area (Å²) in [7, 11) is 1.24. The number of rotatable bonds is 6. The van der Waals surface area contributed by atoms with Crippen molar-refractivity contribution in [3.05, 3.63) is 59.2 Å². The molecule has 134 valence electrons. The number of aldehydes is 1. The van der Waals surface area contributed by atoms with Gasteiger partial charge in [-0.3, -0.25) is 0 Å². The first-order valence-corrected chi connectivity index (χ1v) is 7.83. The molecule has 0 aliphatic carbocycles. The standard InChI is InChI=1S/C17H14F2O4.C2H6/c1-22-17(21)14-10-13(6-4-11(14)3-2-8-20)23-16-7-5-12(18)9-15(16)19;1-2/h4-10H,2-3H2,1H3;1-2H3. The van der Waals surface area contributed by atoms with E-state index >= 15 is 0 Å². The summed E-state index contributed by atoms with van der Waals surface area (Å²) in [5.74, 6) is -2.12. The summed E-state index contributed by atoms with van der Waals surface area (Å²) in [4.78, 5) is 22.3. The van der Waals surface area contributed by atoms with Gasteiger partial charge in [0.05, 0.1) is 12.7 Å². The Kier molecular flexibility index (Phi) is 8.26. The van der Waals surface area contributed by atoms with Gasteiger partial charge >= 0.3 is 5.97 Å². The lowest BCUT2D eigenvalue weighted by atomic mass is 10.0. The third-order valence-electron chi connectivity index (χ3n) is 3.14. The van der Waals surface area contributed by atoms with Crippen LogP contribution >= 0.6 is 0 Å². The van der Waals surface area contributed by atoms with Gasteiger partial charge in [0.2, 0.25) is 0 Å². The Morgan fingerprint density at radius 1 is 1.12 bits per heavy atom. The number of ether oxygens (including phenoxy) is 2. The SMILES string of the molecule is CC.COC(=O)c1cc(Oc2ccc(F)cc2F)ccc1CCC=O. The summed E-state index contributed by atoms with van der Waals surface area (Å²) in [6.07, 6.45) is 1.38. The third kappa shape index (κ3) is 5.67. The first-order valence-electron chi connectivity index (χ1n) is 7.83. The van der Waals surface area contributed by atoms with Gasteiger partial charge in [-0.05, 0) is 36.2 Å². The average Bonchev–Trinajstić information content (AvgIpc) is 2.63. The van der Waals surface area contributed by atoms with Crippen LogP contribution in [0.3, 0.4) is 0 Å². The molecule has 4 nitrogen and oxygen atoms in total. The Hall–Kier alpha value is -2.76. The lowest BCUT2D eigenvalue weighted by molar-refractivity contribution is -0.107. The minimum Gasteiger partial charge on any atom is -0.465 e. The van der Waals surface area contributed by atoms with Crippen molar-refractivity contribution in [2.45, 2.75) is 26.7 Å². The third-order valence-corrected chi connectivity index (χ3v) is 3.14. The molecule has 25 heavy (non-hydrogen) atoms. The van der Waals surface area contributed by atoms with Crippen molar-refractivity contribution in [3.8, 4) is 11.5 Å². The number of carbonyl (C=O) groups excluding carboxylic acids is 2. The van der Waals surface area contributed by atoms with Gasteiger partial charge in [0, 0.05) is 12.5 Å². The van der Waals surface area contributed by atoms with Gasteiger partial charge in [-0.25, -0.2) is 13.6 Å². The van der Waals surface area contributed by atoms with E-state index in [9.17, 15) is 18.4 Å². The number of carbonyl (C=O) groups is 2. The highest BCUT2D eigenvalue weighted by molar-refractivity contribution is 5.91. The minimum atomic E-state index is -0.852. The number of esters is 1. The summed E-state index contributed by atoms with van der Waals surface area (Å²) in [6, 6.07) is 7.46. The number of aryl methyl sites for hydroxylation is 1. The topological polar surface area (TPSA) is 52.6 Å². The molecule has 0 atom stereocenters. The van der Waals surface area contributed by atoms with E-state index in [1.807, 2.05) is 13.8 Å². The zero-order valence-corrected chi connectivity index (χ0v) is 14.3. The fourth-order valence-corrected chi connectivity index (χ4v) is 2.04. The van der Waals surface area contributed by atoms with E-state index in [0.29, 0.717) is 18.1 Å². The molecule has 0 amide bonds. The second kappa shape index (κ2) is 10.2. The van der Waals surface area contributed by atoms with Crippen molar-refractivity contribution in [3.63, 3.8) is 0 Å². The smallest absolute Gasteiger partial charge is 0.338 e. The molecule has 2 aromatic rings. The first kappa shape index (κ1) is 20.3. The zero-order valence-electron chi connectivity index (χ0n) is 14.3. The van der Waals surface area contributed by atoms with Crippen molar-refractivity contribution in [1.82, 2.24) is 0 Å². The Morgan fingerprint density at radius 2 is 1.84 bits per heavy atom. The van der Waals surface area contributed by atoms with Gasteiger partial charge in [-0.1, -0.05) is 19.9 Å². The number of hydrogen-bond acceptors (Lipinski definition) is 4. The molecule has 0 fully saturated rings. The Balaban J connectivity index is 0.00000151. The second-order valence-corrected chi connectivity index (χ2v) is 4.69. The lowest BCUT2D eigenvalue weighted by Gasteiger charge is -2.11. The fraction of sp³-hybridized carbons (Fsp3) is 0.263. The molecular weight excluding hydrogens is 330 g/mol. The number of benzene rings is 2. The summed E-state index contributed by atoms with van der Waals surface area (Å²) < 4.78 is 36.5. The van der Waals surface area contributed by atoms with Crippen molar-refractivity contribution in [1.29, 1.82) is 0 Å². The predicted octanol–water partition coefficient (Wildman–Crippen LogP) is 4.70. The van der Waals surface area contributed by atoms with Gasteiger partial charge in [0.25, 0.3) is 0 Å². The molecule has 0 bridgehead atoms. The monoisotopic (exact) mass is 350 g/mol. The van der Waals surface area contributed by atoms with Crippen LogP contribution in [0.1, 0.15) is 36.2 Å². The average molecular weight is 350 g/mol. The normalized spacial score (nSPS) is 9.64. The molecule has 0 radical (unpaired) electrons. The molecule has 0 saturated heterocycles. The molecule has 2 rings (SSSR count). The first-order chi connectivity index (χ1) is 12.0. The Labute approximate surface area is 145 Å². The van der Waals surface area contributed by atoms with Gasteiger partial charge in [0.15, 0.2) is 11.6 Å². The maximum atomic E-state index is 13.6. The minimum absolute atomic E-state index is 0.164. The number of methoxy groups -OCH3 is 1. The molecule has 2 aromatic carbocycles. The van der Waals surface area contributed by atoms with E-state index in [4.69, 9.17) is 9.47 Å². The van der Waals surface area contributed by atoms with E-state index in [1.54, 1.807) is 6.07 Å². The Morgan fingerprint density at radius 3 is 2.44 bits per heavy atom. The number of hydrogen-bond donors (Lipinski definition) is 0. The molecule has 0 heterocycles. The molecule has 0 unspecified atom stereocenters. The highest BCUT2D eigenvalue weighted by atomic mass is 19.1. The lowest BCUT2D eigenvalue weighted by Crippen LogP contribution is -2.06. The van der Waals surface area contributed by atoms with Crippen LogP contribution in [0, 0.1) is 11.6 Å². The highest BCUT2D eigenvalue weighted by Crippen LogP contribution is 2.27. The summed E-state index contributed by atoms with van der Waals surface area (Å²) in [6.45, 7) is 4.00. The van der Waals surface area contributed by atoms with Crippen LogP contribution in [0.2, 0.25) is 0 Å². The van der Waals surface area contributed by atoms with Gasteiger partial charge in [-0.2, -0.15) is 0 Å². The van der Waals surface area contributed by atoms with E-state index in [-0.39, 0.29) is 23.5 Å². The molecule has 0 aliphatic rings. The summed E-state index contributed by atoms with van der Waals surface area (Å²) in [5, 5.41) is 0. The molecule has 0 saturated carbocycles. The summed E-state index contributed by atoms with van der Waals surface area (Å²) >= 11 is 0. The van der Waals surface area contributed by atoms with Crippen molar-refractivity contribution in [2.75, 3.05) is 7.11 Å². The van der Waals surface area contributed by atoms with Crippen LogP contribution in [-0.2, 0) is 16.0 Å². The Bertz CT molecular complexity index is 729. The number of halogens is 2. The van der Waals surface area contributed by atoms with Gasteiger partial charge in [-0.15, -0.1) is 0 Å². The molecule has 0 aliphatic heterocycles. The van der Waals surface area contributed by atoms with Crippen LogP contribution in [0.15, 0.2) is 36.4 Å². The molecule has 0 aromatic heterocycles. The predicted molar refractivity (Wildman–Crippen MR) is 89.9 cm³/mol. The van der Waals surface area contributed by atoms with Crippen LogP contribution in [0.5, 0.6) is 11.5 Å². The highest BCUT2D eigenvalue weighted by Gasteiger charge is 2.14. The molecule has 0 N–H and O–H groups in total. The molecular formula is C19H20F2O4. The summed E-state index contributed by atoms with van der Waals surface area (Å²) in [5.41, 5.74) is 0.852. The fourth-order valence-electron chi connectivity index (χ4n) is 2.04. The largest absolute Gasteiger partial charge is 0.465 e. The second-order valence-electron chi connectivity index (χ2n) is 4.69.